The first-order chi connectivity index (χ1) is 14.7. The lowest BCUT2D eigenvalue weighted by Gasteiger charge is -2.18. The van der Waals surface area contributed by atoms with E-state index in [1.807, 2.05) is 25.1 Å². The Labute approximate surface area is 183 Å². The number of aryl methyl sites for hydroxylation is 1. The van der Waals surface area contributed by atoms with Crippen molar-refractivity contribution in [1.82, 2.24) is 0 Å². The number of halogens is 3. The predicted octanol–water partition coefficient (Wildman–Crippen LogP) is 5.18. The highest BCUT2D eigenvalue weighted by molar-refractivity contribution is 7.99. The molecule has 1 atom stereocenters. The zero-order valence-electron chi connectivity index (χ0n) is 17.1. The van der Waals surface area contributed by atoms with Crippen molar-refractivity contribution in [2.45, 2.75) is 24.1 Å². The minimum atomic E-state index is -4.36. The Hall–Kier alpha value is -2.74. The maximum atomic E-state index is 12.6. The molecule has 0 spiro atoms. The van der Waals surface area contributed by atoms with E-state index in [-0.39, 0.29) is 18.9 Å². The highest BCUT2D eigenvalue weighted by atomic mass is 32.2. The van der Waals surface area contributed by atoms with Crippen molar-refractivity contribution in [3.63, 3.8) is 0 Å². The van der Waals surface area contributed by atoms with Gasteiger partial charge in [-0.05, 0) is 55.0 Å². The normalized spacial score (nSPS) is 11.5. The summed E-state index contributed by atoms with van der Waals surface area (Å²) in [7, 11) is 1.63. The van der Waals surface area contributed by atoms with Gasteiger partial charge in [0, 0.05) is 10.6 Å². The molecule has 168 valence electrons. The number of methoxy groups -OCH3 is 1. The molecule has 0 saturated heterocycles. The fourth-order valence-electron chi connectivity index (χ4n) is 2.41. The van der Waals surface area contributed by atoms with Gasteiger partial charge in [0.25, 0.3) is 0 Å². The second-order valence-corrected chi connectivity index (χ2v) is 7.20. The van der Waals surface area contributed by atoms with Crippen molar-refractivity contribution in [2.24, 2.45) is 0 Å². The van der Waals surface area contributed by atoms with Crippen LogP contribution in [-0.4, -0.2) is 38.3 Å². The molecule has 0 aliphatic heterocycles. The largest absolute Gasteiger partial charge is 0.496 e. The lowest BCUT2D eigenvalue weighted by molar-refractivity contribution is -0.191. The number of thioether (sulfide) groups is 1. The summed E-state index contributed by atoms with van der Waals surface area (Å²) in [6.07, 6.45) is -2.71. The minimum absolute atomic E-state index is 0.224. The molecule has 0 amide bonds. The lowest BCUT2D eigenvalue weighted by atomic mass is 10.2. The quantitative estimate of drug-likeness (QED) is 0.363. The van der Waals surface area contributed by atoms with Crippen LogP contribution in [0.4, 0.5) is 13.2 Å². The fraction of sp³-hybridized carbons (Fsp3) is 0.318. The zero-order chi connectivity index (χ0) is 23.3. The lowest BCUT2D eigenvalue weighted by Crippen LogP contribution is -2.24. The maximum Gasteiger partial charge on any atom is 0.416 e. The van der Waals surface area contributed by atoms with Crippen LogP contribution in [0.1, 0.15) is 11.1 Å². The van der Waals surface area contributed by atoms with Crippen LogP contribution in [0.5, 0.6) is 11.5 Å². The average Bonchev–Trinajstić information content (AvgIpc) is 2.73. The molecule has 0 radical (unpaired) electrons. The second kappa shape index (κ2) is 13.5. The molecule has 0 aromatic heterocycles. The first-order valence-electron chi connectivity index (χ1n) is 9.04. The summed E-state index contributed by atoms with van der Waals surface area (Å²) in [5.41, 5.74) is 0.335. The van der Waals surface area contributed by atoms with Gasteiger partial charge in [-0.15, -0.1) is 18.3 Å². The zero-order valence-corrected chi connectivity index (χ0v) is 17.9. The van der Waals surface area contributed by atoms with Gasteiger partial charge in [-0.25, -0.2) is 0 Å². The Kier molecular flexibility index (Phi) is 11.5. The summed E-state index contributed by atoms with van der Waals surface area (Å²) >= 11 is 1.61. The molecule has 0 aliphatic carbocycles. The van der Waals surface area contributed by atoms with Crippen molar-refractivity contribution in [2.75, 3.05) is 26.1 Å². The predicted molar refractivity (Wildman–Crippen MR) is 110 cm³/mol. The molecular weight excluding hydrogens is 433 g/mol. The van der Waals surface area contributed by atoms with Gasteiger partial charge in [-0.1, -0.05) is 6.08 Å². The SMILES string of the molecule is C=CCO[C@H](COc1ccc(C(F)(F)F)cc1)CSc1ccc(OC)c(C)c1.O=C=O. The van der Waals surface area contributed by atoms with Gasteiger partial charge in [-0.2, -0.15) is 22.8 Å². The van der Waals surface area contributed by atoms with E-state index in [1.165, 1.54) is 12.1 Å². The summed E-state index contributed by atoms with van der Waals surface area (Å²) < 4.78 is 54.5. The van der Waals surface area contributed by atoms with E-state index in [0.717, 1.165) is 28.3 Å². The van der Waals surface area contributed by atoms with Crippen LogP contribution in [0.25, 0.3) is 0 Å². The second-order valence-electron chi connectivity index (χ2n) is 6.10. The van der Waals surface area contributed by atoms with Crippen molar-refractivity contribution in [3.05, 3.63) is 66.2 Å². The first-order valence-corrected chi connectivity index (χ1v) is 10.0. The molecular formula is C22H23F3O5S. The third-order valence-electron chi connectivity index (χ3n) is 3.87. The Morgan fingerprint density at radius 2 is 1.81 bits per heavy atom. The monoisotopic (exact) mass is 456 g/mol. The van der Waals surface area contributed by atoms with Crippen LogP contribution in [0, 0.1) is 6.92 Å². The summed E-state index contributed by atoms with van der Waals surface area (Å²) in [5.74, 6) is 1.82. The van der Waals surface area contributed by atoms with Gasteiger partial charge >= 0.3 is 12.3 Å². The molecule has 5 nitrogen and oxygen atoms in total. The van der Waals surface area contributed by atoms with Crippen molar-refractivity contribution >= 4 is 17.9 Å². The Bertz CT molecular complexity index is 847. The molecule has 0 N–H and O–H groups in total. The first kappa shape index (κ1) is 26.3. The van der Waals surface area contributed by atoms with Crippen molar-refractivity contribution < 1.29 is 37.0 Å². The smallest absolute Gasteiger partial charge is 0.416 e. The Morgan fingerprint density at radius 1 is 1.16 bits per heavy atom. The van der Waals surface area contributed by atoms with E-state index in [9.17, 15) is 13.2 Å². The van der Waals surface area contributed by atoms with Gasteiger partial charge in [0.2, 0.25) is 0 Å². The molecule has 0 aliphatic rings. The Morgan fingerprint density at radius 3 is 2.32 bits per heavy atom. The van der Waals surface area contributed by atoms with Crippen LogP contribution in [-0.2, 0) is 20.5 Å². The molecule has 31 heavy (non-hydrogen) atoms. The number of ether oxygens (including phenoxy) is 3. The molecule has 9 heteroatoms. The van der Waals surface area contributed by atoms with E-state index in [2.05, 4.69) is 6.58 Å². The van der Waals surface area contributed by atoms with Crippen LogP contribution >= 0.6 is 11.8 Å². The van der Waals surface area contributed by atoms with E-state index in [1.54, 1.807) is 24.9 Å². The Balaban J connectivity index is 0.00000151. The standard InChI is InChI=1S/C21H23F3O3S.CO2/c1-4-11-26-18(14-28-19-9-10-20(25-3)15(2)12-19)13-27-17-7-5-16(6-8-17)21(22,23)24;2-1-3/h4-10,12,18H,1,11,13-14H2,2-3H3;/t18-;/m1./s1. The van der Waals surface area contributed by atoms with E-state index >= 15 is 0 Å². The molecule has 0 unspecified atom stereocenters. The number of rotatable bonds is 10. The maximum absolute atomic E-state index is 12.6. The van der Waals surface area contributed by atoms with Gasteiger partial charge < -0.3 is 14.2 Å². The number of hydrogen-bond donors (Lipinski definition) is 0. The fourth-order valence-corrected chi connectivity index (χ4v) is 3.40. The van der Waals surface area contributed by atoms with Crippen LogP contribution < -0.4 is 9.47 Å². The van der Waals surface area contributed by atoms with Gasteiger partial charge in [0.1, 0.15) is 24.2 Å². The number of carbonyl (C=O) groups excluding carboxylic acids is 2. The van der Waals surface area contributed by atoms with Gasteiger partial charge in [-0.3, -0.25) is 0 Å². The average molecular weight is 456 g/mol. The third kappa shape index (κ3) is 9.74. The van der Waals surface area contributed by atoms with E-state index in [0.29, 0.717) is 18.1 Å². The molecule has 0 saturated carbocycles. The van der Waals surface area contributed by atoms with Crippen molar-refractivity contribution in [1.29, 1.82) is 0 Å². The summed E-state index contributed by atoms with van der Waals surface area (Å²) in [6, 6.07) is 10.5. The van der Waals surface area contributed by atoms with Gasteiger partial charge in [0.15, 0.2) is 0 Å². The minimum Gasteiger partial charge on any atom is -0.496 e. The van der Waals surface area contributed by atoms with E-state index in [4.69, 9.17) is 23.8 Å². The molecule has 2 rings (SSSR count). The number of benzene rings is 2. The van der Waals surface area contributed by atoms with Crippen molar-refractivity contribution in [3.8, 4) is 11.5 Å². The van der Waals surface area contributed by atoms with Crippen LogP contribution in [0.15, 0.2) is 60.0 Å². The van der Waals surface area contributed by atoms with E-state index < -0.39 is 11.7 Å². The van der Waals surface area contributed by atoms with Crippen LogP contribution in [0.2, 0.25) is 0 Å². The third-order valence-corrected chi connectivity index (χ3v) is 5.00. The molecule has 2 aromatic rings. The highest BCUT2D eigenvalue weighted by Crippen LogP contribution is 2.30. The highest BCUT2D eigenvalue weighted by Gasteiger charge is 2.30. The number of alkyl halides is 3. The summed E-state index contributed by atoms with van der Waals surface area (Å²) in [5, 5.41) is 0. The number of hydrogen-bond acceptors (Lipinski definition) is 6. The summed E-state index contributed by atoms with van der Waals surface area (Å²) in [4.78, 5) is 17.3. The topological polar surface area (TPSA) is 61.8 Å². The summed E-state index contributed by atoms with van der Waals surface area (Å²) in [6.45, 7) is 6.20. The molecule has 0 fully saturated rings. The van der Waals surface area contributed by atoms with Gasteiger partial charge in [0.05, 0.1) is 19.3 Å². The molecule has 0 bridgehead atoms. The molecule has 2 aromatic carbocycles. The molecule has 0 heterocycles. The van der Waals surface area contributed by atoms with Crippen LogP contribution in [0.3, 0.4) is 0 Å².